The van der Waals surface area contributed by atoms with Gasteiger partial charge in [0.15, 0.2) is 0 Å². The number of halogens is 3. The van der Waals surface area contributed by atoms with Crippen molar-refractivity contribution in [3.8, 4) is 0 Å². The summed E-state index contributed by atoms with van der Waals surface area (Å²) >= 11 is -0.463. The molecule has 0 aliphatic heterocycles. The Morgan fingerprint density at radius 3 is 2.13 bits per heavy atom. The molecular formula is C19H25F3N2O5S. The molecule has 0 bridgehead atoms. The SMILES string of the molecule is COC(=O)[C@H](CSC(F)(F)F)NC(=O)[C@H](Cc1ccccc1)NC(=O)OC(C)(C)C. The van der Waals surface area contributed by atoms with Gasteiger partial charge in [0, 0.05) is 12.2 Å². The smallest absolute Gasteiger partial charge is 0.441 e. The number of amides is 2. The monoisotopic (exact) mass is 450 g/mol. The standard InChI is InChI=1S/C19H25F3N2O5S/c1-18(2,3)29-17(27)24-13(10-12-8-6-5-7-9-12)15(25)23-14(16(26)28-4)11-30-19(20,21)22/h5-9,13-14H,10-11H2,1-4H3,(H,23,25)(H,24,27)/t13-,14-/m0/s1. The molecule has 0 saturated carbocycles. The first-order valence-corrected chi connectivity index (χ1v) is 9.91. The van der Waals surface area contributed by atoms with E-state index < -0.39 is 58.7 Å². The van der Waals surface area contributed by atoms with Crippen molar-refractivity contribution in [2.45, 2.75) is 50.4 Å². The molecule has 0 spiro atoms. The van der Waals surface area contributed by atoms with Crippen LogP contribution in [-0.2, 0) is 25.5 Å². The van der Waals surface area contributed by atoms with Gasteiger partial charge < -0.3 is 20.1 Å². The minimum absolute atomic E-state index is 0.0340. The van der Waals surface area contributed by atoms with Crippen molar-refractivity contribution in [3.63, 3.8) is 0 Å². The predicted molar refractivity (Wildman–Crippen MR) is 106 cm³/mol. The van der Waals surface area contributed by atoms with Crippen LogP contribution in [0.4, 0.5) is 18.0 Å². The average Bonchev–Trinajstić information content (AvgIpc) is 2.62. The lowest BCUT2D eigenvalue weighted by molar-refractivity contribution is -0.144. The maximum absolute atomic E-state index is 12.7. The topological polar surface area (TPSA) is 93.7 Å². The maximum atomic E-state index is 12.7. The van der Waals surface area contributed by atoms with Gasteiger partial charge in [0.25, 0.3) is 0 Å². The lowest BCUT2D eigenvalue weighted by Crippen LogP contribution is -2.54. The van der Waals surface area contributed by atoms with Gasteiger partial charge in [0.2, 0.25) is 5.91 Å². The number of carbonyl (C=O) groups excluding carboxylic acids is 3. The highest BCUT2D eigenvalue weighted by molar-refractivity contribution is 8.00. The molecule has 0 unspecified atom stereocenters. The number of esters is 1. The highest BCUT2D eigenvalue weighted by atomic mass is 32.2. The van der Waals surface area contributed by atoms with Gasteiger partial charge in [-0.25, -0.2) is 9.59 Å². The summed E-state index contributed by atoms with van der Waals surface area (Å²) in [5, 5.41) is 4.63. The van der Waals surface area contributed by atoms with E-state index in [0.29, 0.717) is 5.56 Å². The Hall–Kier alpha value is -2.43. The van der Waals surface area contributed by atoms with E-state index in [1.54, 1.807) is 51.1 Å². The molecule has 1 rings (SSSR count). The molecule has 11 heteroatoms. The van der Waals surface area contributed by atoms with Crippen LogP contribution in [0.15, 0.2) is 30.3 Å². The largest absolute Gasteiger partial charge is 0.467 e. The van der Waals surface area contributed by atoms with Gasteiger partial charge >= 0.3 is 17.6 Å². The zero-order valence-electron chi connectivity index (χ0n) is 17.0. The minimum Gasteiger partial charge on any atom is -0.467 e. The number of rotatable bonds is 8. The molecule has 1 aromatic carbocycles. The maximum Gasteiger partial charge on any atom is 0.441 e. The second kappa shape index (κ2) is 11.1. The zero-order valence-corrected chi connectivity index (χ0v) is 17.9. The van der Waals surface area contributed by atoms with E-state index in [2.05, 4.69) is 15.4 Å². The van der Waals surface area contributed by atoms with Gasteiger partial charge in [-0.15, -0.1) is 0 Å². The molecule has 2 N–H and O–H groups in total. The summed E-state index contributed by atoms with van der Waals surface area (Å²) < 4.78 is 47.2. The van der Waals surface area contributed by atoms with Crippen molar-refractivity contribution in [2.24, 2.45) is 0 Å². The number of alkyl halides is 3. The van der Waals surface area contributed by atoms with Crippen molar-refractivity contribution >= 4 is 29.7 Å². The van der Waals surface area contributed by atoms with Crippen molar-refractivity contribution in [2.75, 3.05) is 12.9 Å². The van der Waals surface area contributed by atoms with Gasteiger partial charge in [-0.2, -0.15) is 13.2 Å². The van der Waals surface area contributed by atoms with Crippen LogP contribution in [0.25, 0.3) is 0 Å². The van der Waals surface area contributed by atoms with Crippen molar-refractivity contribution in [1.29, 1.82) is 0 Å². The average molecular weight is 450 g/mol. The van der Waals surface area contributed by atoms with Crippen LogP contribution in [0, 0.1) is 0 Å². The number of ether oxygens (including phenoxy) is 2. The van der Waals surface area contributed by atoms with E-state index in [4.69, 9.17) is 4.74 Å². The fourth-order valence-corrected chi connectivity index (χ4v) is 2.84. The van der Waals surface area contributed by atoms with Gasteiger partial charge in [0.1, 0.15) is 17.7 Å². The van der Waals surface area contributed by atoms with Crippen molar-refractivity contribution in [3.05, 3.63) is 35.9 Å². The number of alkyl carbamates (subject to hydrolysis) is 1. The molecule has 1 aromatic rings. The number of carbonyl (C=O) groups is 3. The number of benzene rings is 1. The van der Waals surface area contributed by atoms with Crippen LogP contribution in [0.1, 0.15) is 26.3 Å². The van der Waals surface area contributed by atoms with Crippen LogP contribution < -0.4 is 10.6 Å². The molecule has 0 saturated heterocycles. The molecule has 0 heterocycles. The molecule has 7 nitrogen and oxygen atoms in total. The fourth-order valence-electron chi connectivity index (χ4n) is 2.27. The van der Waals surface area contributed by atoms with Crippen LogP contribution in [0.5, 0.6) is 0 Å². The third kappa shape index (κ3) is 10.4. The third-order valence-electron chi connectivity index (χ3n) is 3.51. The Labute approximate surface area is 177 Å². The summed E-state index contributed by atoms with van der Waals surface area (Å²) in [6, 6.07) is 5.92. The van der Waals surface area contributed by atoms with Gasteiger partial charge in [-0.05, 0) is 38.1 Å². The highest BCUT2D eigenvalue weighted by Gasteiger charge is 2.34. The Bertz CT molecular complexity index is 723. The van der Waals surface area contributed by atoms with E-state index >= 15 is 0 Å². The normalized spacial score (nSPS) is 13.7. The van der Waals surface area contributed by atoms with Crippen molar-refractivity contribution < 1.29 is 37.0 Å². The summed E-state index contributed by atoms with van der Waals surface area (Å²) in [6.45, 7) is 4.92. The Kier molecular flexibility index (Phi) is 9.47. The summed E-state index contributed by atoms with van der Waals surface area (Å²) in [5.74, 6) is -2.65. The molecule has 30 heavy (non-hydrogen) atoms. The van der Waals surface area contributed by atoms with Crippen molar-refractivity contribution in [1.82, 2.24) is 10.6 Å². The molecular weight excluding hydrogens is 425 g/mol. The second-order valence-corrected chi connectivity index (χ2v) is 8.31. The first-order valence-electron chi connectivity index (χ1n) is 8.93. The van der Waals surface area contributed by atoms with E-state index in [9.17, 15) is 27.6 Å². The molecule has 2 atom stereocenters. The van der Waals surface area contributed by atoms with E-state index in [-0.39, 0.29) is 6.42 Å². The fraction of sp³-hybridized carbons (Fsp3) is 0.526. The molecule has 0 aliphatic carbocycles. The number of hydrogen-bond acceptors (Lipinski definition) is 6. The Balaban J connectivity index is 2.97. The van der Waals surface area contributed by atoms with E-state index in [1.807, 2.05) is 0 Å². The number of thioether (sulfide) groups is 1. The van der Waals surface area contributed by atoms with Gasteiger partial charge in [-0.3, -0.25) is 4.79 Å². The van der Waals surface area contributed by atoms with Crippen LogP contribution in [0.2, 0.25) is 0 Å². The lowest BCUT2D eigenvalue weighted by atomic mass is 10.1. The summed E-state index contributed by atoms with van der Waals surface area (Å²) in [5.41, 5.74) is -4.72. The zero-order chi connectivity index (χ0) is 22.9. The molecule has 0 fully saturated rings. The molecule has 0 aliphatic rings. The quantitative estimate of drug-likeness (QED) is 0.592. The first kappa shape index (κ1) is 25.6. The number of methoxy groups -OCH3 is 1. The Morgan fingerprint density at radius 1 is 1.03 bits per heavy atom. The third-order valence-corrected chi connectivity index (χ3v) is 4.33. The van der Waals surface area contributed by atoms with Crippen LogP contribution >= 0.6 is 11.8 Å². The number of hydrogen-bond donors (Lipinski definition) is 2. The van der Waals surface area contributed by atoms with Crippen LogP contribution in [-0.4, -0.2) is 54.0 Å². The minimum atomic E-state index is -4.59. The summed E-state index contributed by atoms with van der Waals surface area (Å²) in [7, 11) is 1.00. The lowest BCUT2D eigenvalue weighted by Gasteiger charge is -2.25. The summed E-state index contributed by atoms with van der Waals surface area (Å²) in [4.78, 5) is 36.7. The molecule has 0 radical (unpaired) electrons. The highest BCUT2D eigenvalue weighted by Crippen LogP contribution is 2.30. The predicted octanol–water partition coefficient (Wildman–Crippen LogP) is 3.03. The van der Waals surface area contributed by atoms with Crippen LogP contribution in [0.3, 0.4) is 0 Å². The molecule has 0 aromatic heterocycles. The molecule has 2 amide bonds. The van der Waals surface area contributed by atoms with Gasteiger partial charge in [-0.1, -0.05) is 30.3 Å². The number of nitrogens with one attached hydrogen (secondary N) is 2. The first-order chi connectivity index (χ1) is 13.8. The van der Waals surface area contributed by atoms with Gasteiger partial charge in [0.05, 0.1) is 7.11 Å². The van der Waals surface area contributed by atoms with E-state index in [1.165, 1.54) is 0 Å². The summed E-state index contributed by atoms with van der Waals surface area (Å²) in [6.07, 6.45) is -0.843. The Morgan fingerprint density at radius 2 is 1.63 bits per heavy atom. The second-order valence-electron chi connectivity index (χ2n) is 7.23. The van der Waals surface area contributed by atoms with E-state index in [0.717, 1.165) is 7.11 Å². The molecule has 168 valence electrons.